The lowest BCUT2D eigenvalue weighted by Crippen LogP contribution is -2.55. The van der Waals surface area contributed by atoms with Gasteiger partial charge in [0.25, 0.3) is 0 Å². The zero-order valence-corrected chi connectivity index (χ0v) is 29.5. The summed E-state index contributed by atoms with van der Waals surface area (Å²) in [6.45, 7) is 0. The van der Waals surface area contributed by atoms with E-state index in [2.05, 4.69) is 144 Å². The molecule has 5 aliphatic rings. The van der Waals surface area contributed by atoms with Crippen LogP contribution in [0.25, 0.3) is 72.8 Å². The summed E-state index contributed by atoms with van der Waals surface area (Å²) < 4.78 is 2.35. The Morgan fingerprint density at radius 1 is 0.453 bits per heavy atom. The molecule has 5 aliphatic carbocycles. The summed E-state index contributed by atoms with van der Waals surface area (Å²) in [5.74, 6) is 5.40. The second-order valence-corrected chi connectivity index (χ2v) is 16.0. The van der Waals surface area contributed by atoms with Gasteiger partial charge in [0.2, 0.25) is 0 Å². The first-order chi connectivity index (χ1) is 26.2. The molecule has 1 spiro atoms. The third kappa shape index (κ3) is 4.15. The van der Waals surface area contributed by atoms with Crippen LogP contribution in [0.2, 0.25) is 0 Å². The Bertz CT molecular complexity index is 2720. The van der Waals surface area contributed by atoms with Crippen molar-refractivity contribution in [1.29, 1.82) is 0 Å². The third-order valence-corrected chi connectivity index (χ3v) is 13.4. The van der Waals surface area contributed by atoms with Crippen LogP contribution in [0.1, 0.15) is 43.2 Å². The number of fused-ring (bicyclic) bond motifs is 6. The second kappa shape index (κ2) is 11.1. The van der Waals surface area contributed by atoms with E-state index in [-0.39, 0.29) is 5.41 Å². The number of hydrogen-bond acceptors (Lipinski definition) is 3. The Balaban J connectivity index is 1.08. The standard InChI is InChI=1S/C49H38N4/c1-3-12-32(13-4-1)46-50-47(52-48(51-46)39-18-11-21-44-45(39)38-17-8-10-20-43(38)53(44)36-14-5-2-6-15-36)33-22-23-42-40(29-33)37-16-7-9-19-41(37)49(42)34-25-30-24-31(27-34)28-35(49)26-30/h1-23,29-31,34-35H,24-28H2. The molecule has 2 heterocycles. The van der Waals surface area contributed by atoms with Crippen LogP contribution in [0.5, 0.6) is 0 Å². The molecule has 13 rings (SSSR count). The van der Waals surface area contributed by atoms with Crippen molar-refractivity contribution in [2.75, 3.05) is 0 Å². The third-order valence-electron chi connectivity index (χ3n) is 13.4. The van der Waals surface area contributed by atoms with Gasteiger partial charge in [-0.1, -0.05) is 115 Å². The highest BCUT2D eigenvalue weighted by atomic mass is 15.0. The van der Waals surface area contributed by atoms with E-state index < -0.39 is 0 Å². The molecule has 0 amide bonds. The highest BCUT2D eigenvalue weighted by Crippen LogP contribution is 2.69. The SMILES string of the molecule is c1ccc(-c2nc(-c3ccc4c(c3)-c3ccccc3C43C4CC5CC(C4)CC3C5)nc(-c3cccc4c3c3ccccc3n4-c3ccccc3)n2)cc1. The molecule has 4 nitrogen and oxygen atoms in total. The molecule has 53 heavy (non-hydrogen) atoms. The summed E-state index contributed by atoms with van der Waals surface area (Å²) >= 11 is 0. The molecule has 8 aromatic rings. The average Bonchev–Trinajstić information content (AvgIpc) is 3.71. The van der Waals surface area contributed by atoms with E-state index in [1.807, 2.05) is 6.07 Å². The lowest BCUT2D eigenvalue weighted by molar-refractivity contribution is -0.0399. The first-order valence-electron chi connectivity index (χ1n) is 19.4. The van der Waals surface area contributed by atoms with Gasteiger partial charge in [-0.3, -0.25) is 0 Å². The zero-order chi connectivity index (χ0) is 34.7. The van der Waals surface area contributed by atoms with E-state index in [1.165, 1.54) is 48.6 Å². The van der Waals surface area contributed by atoms with E-state index in [0.29, 0.717) is 17.5 Å². The fourth-order valence-corrected chi connectivity index (χ4v) is 11.7. The van der Waals surface area contributed by atoms with E-state index >= 15 is 0 Å². The van der Waals surface area contributed by atoms with Gasteiger partial charge in [0.1, 0.15) is 0 Å². The van der Waals surface area contributed by atoms with Gasteiger partial charge in [-0.2, -0.15) is 0 Å². The van der Waals surface area contributed by atoms with Gasteiger partial charge >= 0.3 is 0 Å². The molecule has 4 bridgehead atoms. The number of rotatable bonds is 4. The predicted molar refractivity (Wildman–Crippen MR) is 214 cm³/mol. The van der Waals surface area contributed by atoms with Crippen LogP contribution in [0.15, 0.2) is 146 Å². The molecular formula is C49H38N4. The molecule has 254 valence electrons. The molecule has 0 unspecified atom stereocenters. The van der Waals surface area contributed by atoms with Crippen LogP contribution in [-0.4, -0.2) is 19.5 Å². The van der Waals surface area contributed by atoms with Crippen LogP contribution in [-0.2, 0) is 5.41 Å². The van der Waals surface area contributed by atoms with E-state index in [1.54, 1.807) is 11.1 Å². The fourth-order valence-electron chi connectivity index (χ4n) is 11.7. The van der Waals surface area contributed by atoms with Gasteiger partial charge in [0.05, 0.1) is 11.0 Å². The smallest absolute Gasteiger partial charge is 0.164 e. The quantitative estimate of drug-likeness (QED) is 0.186. The van der Waals surface area contributed by atoms with Crippen LogP contribution in [0.4, 0.5) is 0 Å². The largest absolute Gasteiger partial charge is 0.309 e. The summed E-state index contributed by atoms with van der Waals surface area (Å²) in [5.41, 5.74) is 12.5. The van der Waals surface area contributed by atoms with Crippen molar-refractivity contribution >= 4 is 21.8 Å². The summed E-state index contributed by atoms with van der Waals surface area (Å²) in [6.07, 6.45) is 6.98. The molecule has 6 aromatic carbocycles. The summed E-state index contributed by atoms with van der Waals surface area (Å²) in [6, 6.07) is 52.7. The Hall–Kier alpha value is -5.87. The molecule has 0 N–H and O–H groups in total. The van der Waals surface area contributed by atoms with Crippen molar-refractivity contribution < 1.29 is 0 Å². The molecular weight excluding hydrogens is 645 g/mol. The lowest BCUT2D eigenvalue weighted by atomic mass is 9.43. The highest BCUT2D eigenvalue weighted by molar-refractivity contribution is 6.15. The molecule has 4 fully saturated rings. The Kier molecular flexibility index (Phi) is 6.20. The van der Waals surface area contributed by atoms with Crippen molar-refractivity contribution in [3.63, 3.8) is 0 Å². The molecule has 0 radical (unpaired) electrons. The summed E-state index contributed by atoms with van der Waals surface area (Å²) in [4.78, 5) is 15.8. The molecule has 4 heteroatoms. The van der Waals surface area contributed by atoms with Crippen molar-refractivity contribution in [3.05, 3.63) is 157 Å². The van der Waals surface area contributed by atoms with E-state index in [0.717, 1.165) is 62.5 Å². The minimum atomic E-state index is 0.139. The van der Waals surface area contributed by atoms with Crippen LogP contribution in [0, 0.1) is 23.7 Å². The van der Waals surface area contributed by atoms with Crippen LogP contribution >= 0.6 is 0 Å². The fraction of sp³-hybridized carbons (Fsp3) is 0.204. The van der Waals surface area contributed by atoms with Gasteiger partial charge in [-0.25, -0.2) is 15.0 Å². The minimum absolute atomic E-state index is 0.139. The zero-order valence-electron chi connectivity index (χ0n) is 29.5. The maximum Gasteiger partial charge on any atom is 0.164 e. The number of para-hydroxylation sites is 2. The van der Waals surface area contributed by atoms with Crippen molar-refractivity contribution in [2.45, 2.75) is 37.5 Å². The summed E-state index contributed by atoms with van der Waals surface area (Å²) in [5, 5.41) is 2.33. The lowest BCUT2D eigenvalue weighted by Gasteiger charge is -2.61. The van der Waals surface area contributed by atoms with Gasteiger partial charge in [0.15, 0.2) is 17.5 Å². The molecule has 0 atom stereocenters. The summed E-state index contributed by atoms with van der Waals surface area (Å²) in [7, 11) is 0. The number of hydrogen-bond donors (Lipinski definition) is 0. The van der Waals surface area contributed by atoms with Crippen LogP contribution in [0.3, 0.4) is 0 Å². The second-order valence-electron chi connectivity index (χ2n) is 16.0. The first kappa shape index (κ1) is 29.7. The van der Waals surface area contributed by atoms with Gasteiger partial charge in [-0.15, -0.1) is 0 Å². The minimum Gasteiger partial charge on any atom is -0.309 e. The number of aromatic nitrogens is 4. The predicted octanol–water partition coefficient (Wildman–Crippen LogP) is 11.7. The molecule has 0 aliphatic heterocycles. The molecule has 4 saturated carbocycles. The highest BCUT2D eigenvalue weighted by Gasteiger charge is 2.61. The Morgan fingerprint density at radius 3 is 1.85 bits per heavy atom. The maximum absolute atomic E-state index is 5.37. The van der Waals surface area contributed by atoms with Gasteiger partial charge in [0, 0.05) is 38.6 Å². The first-order valence-corrected chi connectivity index (χ1v) is 19.4. The monoisotopic (exact) mass is 682 g/mol. The normalized spacial score (nSPS) is 23.5. The number of nitrogens with zero attached hydrogens (tertiary/aromatic N) is 4. The van der Waals surface area contributed by atoms with Crippen molar-refractivity contribution in [3.8, 4) is 51.0 Å². The number of benzene rings is 6. The average molecular weight is 683 g/mol. The topological polar surface area (TPSA) is 43.6 Å². The van der Waals surface area contributed by atoms with Gasteiger partial charge in [-0.05, 0) is 108 Å². The maximum atomic E-state index is 5.37. The van der Waals surface area contributed by atoms with Crippen molar-refractivity contribution in [2.24, 2.45) is 23.7 Å². The van der Waals surface area contributed by atoms with Crippen LogP contribution < -0.4 is 0 Å². The van der Waals surface area contributed by atoms with Gasteiger partial charge < -0.3 is 4.57 Å². The Morgan fingerprint density at radius 2 is 1.06 bits per heavy atom. The van der Waals surface area contributed by atoms with E-state index in [4.69, 9.17) is 15.0 Å². The molecule has 0 saturated heterocycles. The molecule has 2 aromatic heterocycles. The Labute approximate surface area is 309 Å². The van der Waals surface area contributed by atoms with E-state index in [9.17, 15) is 0 Å². The van der Waals surface area contributed by atoms with Crippen molar-refractivity contribution in [1.82, 2.24) is 19.5 Å².